The number of nitrogens with two attached hydrogens (primary N) is 1. The molecule has 0 amide bonds. The van der Waals surface area contributed by atoms with Crippen molar-refractivity contribution in [3.05, 3.63) is 30.1 Å². The van der Waals surface area contributed by atoms with E-state index in [0.717, 1.165) is 30.2 Å². The van der Waals surface area contributed by atoms with Gasteiger partial charge in [0.25, 0.3) is 0 Å². The first kappa shape index (κ1) is 11.0. The molecule has 0 bridgehead atoms. The summed E-state index contributed by atoms with van der Waals surface area (Å²) in [5.41, 5.74) is 7.87. The molecular formula is C12H18N4. The lowest BCUT2D eigenvalue weighted by molar-refractivity contribution is 0.832. The number of rotatable bonds is 4. The van der Waals surface area contributed by atoms with Crippen molar-refractivity contribution in [3.63, 3.8) is 0 Å². The highest BCUT2D eigenvalue weighted by atomic mass is 15.2. The van der Waals surface area contributed by atoms with Crippen LogP contribution < -0.4 is 10.6 Å². The van der Waals surface area contributed by atoms with E-state index in [-0.39, 0.29) is 0 Å². The molecule has 2 aromatic rings. The third-order valence-electron chi connectivity index (χ3n) is 2.86. The Hall–Kier alpha value is -1.55. The van der Waals surface area contributed by atoms with Crippen molar-refractivity contribution < 1.29 is 0 Å². The van der Waals surface area contributed by atoms with Crippen LogP contribution in [-0.4, -0.2) is 22.5 Å². The number of hydrogen-bond donors (Lipinski definition) is 1. The summed E-state index contributed by atoms with van der Waals surface area (Å²) in [6.07, 6.45) is 2.01. The first-order valence-electron chi connectivity index (χ1n) is 5.72. The van der Waals surface area contributed by atoms with Crippen molar-refractivity contribution in [3.8, 4) is 0 Å². The highest BCUT2D eigenvalue weighted by Gasteiger charge is 2.14. The Labute approximate surface area is 95.7 Å². The summed E-state index contributed by atoms with van der Waals surface area (Å²) in [5, 5.41) is 0. The highest BCUT2D eigenvalue weighted by molar-refractivity contribution is 5.55. The molecule has 2 aromatic heterocycles. The summed E-state index contributed by atoms with van der Waals surface area (Å²) in [6, 6.07) is 6.00. The molecule has 4 heteroatoms. The molecule has 0 aliphatic carbocycles. The van der Waals surface area contributed by atoms with E-state index in [4.69, 9.17) is 5.73 Å². The molecule has 0 saturated heterocycles. The summed E-state index contributed by atoms with van der Waals surface area (Å²) in [7, 11) is 0. The van der Waals surface area contributed by atoms with Crippen molar-refractivity contribution in [1.29, 1.82) is 0 Å². The summed E-state index contributed by atoms with van der Waals surface area (Å²) in [6.45, 7) is 6.68. The van der Waals surface area contributed by atoms with Crippen LogP contribution in [0.1, 0.15) is 19.5 Å². The van der Waals surface area contributed by atoms with Gasteiger partial charge in [0.1, 0.15) is 5.65 Å². The van der Waals surface area contributed by atoms with E-state index in [1.165, 1.54) is 0 Å². The van der Waals surface area contributed by atoms with Crippen molar-refractivity contribution in [2.24, 2.45) is 5.73 Å². The SMILES string of the molecule is CCN(CC)c1nc2ccccn2c1CN. The van der Waals surface area contributed by atoms with Gasteiger partial charge in [0.2, 0.25) is 0 Å². The van der Waals surface area contributed by atoms with Crippen LogP contribution in [0.4, 0.5) is 5.82 Å². The zero-order chi connectivity index (χ0) is 11.5. The first-order valence-corrected chi connectivity index (χ1v) is 5.72. The lowest BCUT2D eigenvalue weighted by Gasteiger charge is -2.19. The topological polar surface area (TPSA) is 46.6 Å². The monoisotopic (exact) mass is 218 g/mol. The van der Waals surface area contributed by atoms with Crippen LogP contribution in [0, 0.1) is 0 Å². The van der Waals surface area contributed by atoms with Gasteiger partial charge >= 0.3 is 0 Å². The molecule has 2 heterocycles. The maximum Gasteiger partial charge on any atom is 0.152 e. The number of anilines is 1. The third kappa shape index (κ3) is 1.65. The maximum atomic E-state index is 5.82. The molecule has 0 saturated carbocycles. The summed E-state index contributed by atoms with van der Waals surface area (Å²) >= 11 is 0. The Morgan fingerprint density at radius 1 is 1.31 bits per heavy atom. The Balaban J connectivity index is 2.60. The largest absolute Gasteiger partial charge is 0.356 e. The van der Waals surface area contributed by atoms with Crippen molar-refractivity contribution >= 4 is 11.5 Å². The molecule has 2 rings (SSSR count). The Morgan fingerprint density at radius 2 is 2.06 bits per heavy atom. The van der Waals surface area contributed by atoms with Gasteiger partial charge in [-0.1, -0.05) is 6.07 Å². The second-order valence-electron chi connectivity index (χ2n) is 3.69. The molecule has 0 spiro atoms. The highest BCUT2D eigenvalue weighted by Crippen LogP contribution is 2.20. The summed E-state index contributed by atoms with van der Waals surface area (Å²) in [4.78, 5) is 6.87. The smallest absolute Gasteiger partial charge is 0.152 e. The van der Waals surface area contributed by atoms with Crippen molar-refractivity contribution in [1.82, 2.24) is 9.38 Å². The number of pyridine rings is 1. The Kier molecular flexibility index (Phi) is 3.10. The molecule has 86 valence electrons. The lowest BCUT2D eigenvalue weighted by atomic mass is 10.3. The van der Waals surface area contributed by atoms with Crippen LogP contribution in [0.25, 0.3) is 5.65 Å². The van der Waals surface area contributed by atoms with E-state index in [0.29, 0.717) is 6.54 Å². The van der Waals surface area contributed by atoms with E-state index in [2.05, 4.69) is 28.1 Å². The molecule has 0 aliphatic rings. The maximum absolute atomic E-state index is 5.82. The first-order chi connectivity index (χ1) is 7.81. The fourth-order valence-corrected chi connectivity index (χ4v) is 2.00. The van der Waals surface area contributed by atoms with Crippen molar-refractivity contribution in [2.75, 3.05) is 18.0 Å². The van der Waals surface area contributed by atoms with Gasteiger partial charge in [0.15, 0.2) is 5.82 Å². The molecule has 0 radical (unpaired) electrons. The van der Waals surface area contributed by atoms with E-state index in [9.17, 15) is 0 Å². The second kappa shape index (κ2) is 4.53. The normalized spacial score (nSPS) is 10.9. The fourth-order valence-electron chi connectivity index (χ4n) is 2.00. The van der Waals surface area contributed by atoms with Crippen LogP contribution in [0.15, 0.2) is 24.4 Å². The lowest BCUT2D eigenvalue weighted by Crippen LogP contribution is -2.24. The Morgan fingerprint density at radius 3 is 2.69 bits per heavy atom. The Bertz CT molecular complexity index is 471. The predicted octanol–water partition coefficient (Wildman–Crippen LogP) is 1.64. The zero-order valence-corrected chi connectivity index (χ0v) is 9.85. The number of imidazole rings is 1. The third-order valence-corrected chi connectivity index (χ3v) is 2.86. The van der Waals surface area contributed by atoms with Gasteiger partial charge in [-0.25, -0.2) is 4.98 Å². The fraction of sp³-hybridized carbons (Fsp3) is 0.417. The van der Waals surface area contributed by atoms with Crippen LogP contribution in [0.5, 0.6) is 0 Å². The average molecular weight is 218 g/mol. The van der Waals surface area contributed by atoms with E-state index in [1.807, 2.05) is 24.4 Å². The second-order valence-corrected chi connectivity index (χ2v) is 3.69. The van der Waals surface area contributed by atoms with Gasteiger partial charge in [-0.2, -0.15) is 0 Å². The van der Waals surface area contributed by atoms with Gasteiger partial charge in [-0.15, -0.1) is 0 Å². The minimum atomic E-state index is 0.511. The number of nitrogens with zero attached hydrogens (tertiary/aromatic N) is 3. The van der Waals surface area contributed by atoms with Gasteiger partial charge in [0.05, 0.1) is 5.69 Å². The van der Waals surface area contributed by atoms with Crippen LogP contribution >= 0.6 is 0 Å². The van der Waals surface area contributed by atoms with E-state index in [1.54, 1.807) is 0 Å². The van der Waals surface area contributed by atoms with Crippen molar-refractivity contribution in [2.45, 2.75) is 20.4 Å². The summed E-state index contributed by atoms with van der Waals surface area (Å²) < 4.78 is 2.06. The van der Waals surface area contributed by atoms with Gasteiger partial charge in [-0.3, -0.25) is 0 Å². The zero-order valence-electron chi connectivity index (χ0n) is 9.85. The van der Waals surface area contributed by atoms with Gasteiger partial charge in [-0.05, 0) is 26.0 Å². The summed E-state index contributed by atoms with van der Waals surface area (Å²) in [5.74, 6) is 1.01. The molecule has 0 atom stereocenters. The van der Waals surface area contributed by atoms with Gasteiger partial charge in [0, 0.05) is 25.8 Å². The van der Waals surface area contributed by atoms with E-state index >= 15 is 0 Å². The molecule has 0 aliphatic heterocycles. The van der Waals surface area contributed by atoms with Crippen LogP contribution in [0.2, 0.25) is 0 Å². The number of fused-ring (bicyclic) bond motifs is 1. The molecule has 2 N–H and O–H groups in total. The number of hydrogen-bond acceptors (Lipinski definition) is 3. The molecule has 4 nitrogen and oxygen atoms in total. The minimum Gasteiger partial charge on any atom is -0.356 e. The van der Waals surface area contributed by atoms with Gasteiger partial charge < -0.3 is 15.0 Å². The average Bonchev–Trinajstić information content (AvgIpc) is 2.69. The van der Waals surface area contributed by atoms with E-state index < -0.39 is 0 Å². The molecule has 0 fully saturated rings. The molecule has 16 heavy (non-hydrogen) atoms. The quantitative estimate of drug-likeness (QED) is 0.848. The van der Waals surface area contributed by atoms with Crippen LogP contribution in [0.3, 0.4) is 0 Å². The van der Waals surface area contributed by atoms with Crippen LogP contribution in [-0.2, 0) is 6.54 Å². The molecule has 0 unspecified atom stereocenters. The molecule has 0 aromatic carbocycles. The minimum absolute atomic E-state index is 0.511. The standard InChI is InChI=1S/C12H18N4/c1-3-15(4-2)12-10(9-13)16-8-6-5-7-11(16)14-12/h5-8H,3-4,9,13H2,1-2H3. The predicted molar refractivity (Wildman–Crippen MR) is 66.6 cm³/mol. The molecular weight excluding hydrogens is 200 g/mol. The number of aromatic nitrogens is 2.